The first-order valence-electron chi connectivity index (χ1n) is 9.86. The quantitative estimate of drug-likeness (QED) is 0.401. The topological polar surface area (TPSA) is 80.6 Å². The molecule has 1 aromatic heterocycles. The average molecular weight is 414 g/mol. The van der Waals surface area contributed by atoms with Crippen LogP contribution in [0.25, 0.3) is 11.0 Å². The van der Waals surface area contributed by atoms with Crippen LogP contribution < -0.4 is 15.4 Å². The number of nitrogens with one attached hydrogen (secondary N) is 2. The third-order valence-electron chi connectivity index (χ3n) is 4.95. The minimum Gasteiger partial charge on any atom is -0.497 e. The van der Waals surface area contributed by atoms with Crippen LogP contribution in [0.15, 0.2) is 77.2 Å². The number of methoxy groups -OCH3 is 1. The number of anilines is 2. The lowest BCUT2D eigenvalue weighted by atomic mass is 10.1. The summed E-state index contributed by atoms with van der Waals surface area (Å²) in [6, 6.07) is 21.7. The number of fused-ring (bicyclic) bond motifs is 1. The second-order valence-corrected chi connectivity index (χ2v) is 7.13. The predicted octanol–water partition coefficient (Wildman–Crippen LogP) is 5.30. The Labute approximate surface area is 179 Å². The molecule has 6 heteroatoms. The fourth-order valence-electron chi connectivity index (χ4n) is 3.25. The van der Waals surface area contributed by atoms with Gasteiger partial charge in [0.15, 0.2) is 5.78 Å². The van der Waals surface area contributed by atoms with Gasteiger partial charge in [-0.15, -0.1) is 0 Å². The summed E-state index contributed by atoms with van der Waals surface area (Å²) in [7, 11) is 1.58. The van der Waals surface area contributed by atoms with E-state index in [0.717, 1.165) is 10.9 Å². The summed E-state index contributed by atoms with van der Waals surface area (Å²) < 4.78 is 11.0. The monoisotopic (exact) mass is 414 g/mol. The van der Waals surface area contributed by atoms with Gasteiger partial charge in [0, 0.05) is 16.6 Å². The van der Waals surface area contributed by atoms with Crippen LogP contribution in [0.2, 0.25) is 0 Å². The molecule has 0 saturated carbocycles. The maximum absolute atomic E-state index is 13.0. The second-order valence-electron chi connectivity index (χ2n) is 7.13. The third kappa shape index (κ3) is 4.43. The highest BCUT2D eigenvalue weighted by molar-refractivity contribution is 6.12. The highest BCUT2D eigenvalue weighted by Crippen LogP contribution is 2.31. The number of hydrogen-bond acceptors (Lipinski definition) is 5. The van der Waals surface area contributed by atoms with Crippen molar-refractivity contribution < 1.29 is 18.7 Å². The number of carbonyl (C=O) groups excluding carboxylic acids is 2. The molecule has 0 spiro atoms. The van der Waals surface area contributed by atoms with Gasteiger partial charge in [-0.2, -0.15) is 0 Å². The maximum atomic E-state index is 13.0. The van der Waals surface area contributed by atoms with Crippen LogP contribution in [0.4, 0.5) is 11.4 Å². The lowest BCUT2D eigenvalue weighted by Crippen LogP contribution is -2.17. The van der Waals surface area contributed by atoms with Crippen LogP contribution in [0.1, 0.15) is 26.5 Å². The van der Waals surface area contributed by atoms with Crippen molar-refractivity contribution in [2.45, 2.75) is 6.92 Å². The Morgan fingerprint density at radius 2 is 1.65 bits per heavy atom. The van der Waals surface area contributed by atoms with Crippen LogP contribution >= 0.6 is 0 Å². The van der Waals surface area contributed by atoms with Crippen LogP contribution in [-0.2, 0) is 0 Å². The molecule has 0 bridgehead atoms. The molecule has 1 amide bonds. The van der Waals surface area contributed by atoms with Gasteiger partial charge in [0.25, 0.3) is 5.91 Å². The predicted molar refractivity (Wildman–Crippen MR) is 121 cm³/mol. The summed E-state index contributed by atoms with van der Waals surface area (Å²) in [5, 5.41) is 6.67. The van der Waals surface area contributed by atoms with Crippen LogP contribution in [-0.4, -0.2) is 25.3 Å². The molecule has 31 heavy (non-hydrogen) atoms. The Morgan fingerprint density at radius 1 is 0.935 bits per heavy atom. The second kappa shape index (κ2) is 8.75. The van der Waals surface area contributed by atoms with Crippen molar-refractivity contribution in [3.8, 4) is 5.75 Å². The summed E-state index contributed by atoms with van der Waals surface area (Å²) in [6.07, 6.45) is 0. The Kier molecular flexibility index (Phi) is 5.71. The molecule has 3 aromatic carbocycles. The molecular weight excluding hydrogens is 392 g/mol. The number of ketones is 1. The van der Waals surface area contributed by atoms with E-state index in [1.54, 1.807) is 49.6 Å². The smallest absolute Gasteiger partial charge is 0.293 e. The Morgan fingerprint density at radius 3 is 2.35 bits per heavy atom. The molecule has 4 aromatic rings. The maximum Gasteiger partial charge on any atom is 0.293 e. The van der Waals surface area contributed by atoms with E-state index < -0.39 is 5.91 Å². The minimum absolute atomic E-state index is 0.0371. The number of amides is 1. The van der Waals surface area contributed by atoms with E-state index >= 15 is 0 Å². The molecule has 156 valence electrons. The number of furan rings is 1. The molecular formula is C25H22N2O4. The highest BCUT2D eigenvalue weighted by atomic mass is 16.5. The first kappa shape index (κ1) is 20.2. The zero-order valence-electron chi connectivity index (χ0n) is 17.3. The number of aryl methyl sites for hydroxylation is 1. The fraction of sp³-hybridized carbons (Fsp3) is 0.120. The van der Waals surface area contributed by atoms with Gasteiger partial charge in [-0.3, -0.25) is 9.59 Å². The zero-order valence-corrected chi connectivity index (χ0v) is 17.3. The van der Waals surface area contributed by atoms with Crippen molar-refractivity contribution in [1.29, 1.82) is 0 Å². The number of para-hydroxylation sites is 1. The van der Waals surface area contributed by atoms with Crippen molar-refractivity contribution in [1.82, 2.24) is 0 Å². The Balaban J connectivity index is 1.58. The summed E-state index contributed by atoms with van der Waals surface area (Å²) in [6.45, 7) is 2.01. The third-order valence-corrected chi connectivity index (χ3v) is 4.95. The minimum atomic E-state index is -0.411. The molecule has 0 radical (unpaired) electrons. The van der Waals surface area contributed by atoms with E-state index in [9.17, 15) is 9.59 Å². The number of carbonyl (C=O) groups is 2. The van der Waals surface area contributed by atoms with E-state index in [1.165, 1.54) is 0 Å². The standard InChI is InChI=1S/C25H22N2O4/c1-16-7-9-17(10-8-16)21(28)15-26-23-20-5-3-4-6-22(20)31-24(23)25(29)27-18-11-13-19(30-2)14-12-18/h3-14,26H,15H2,1-2H3,(H,27,29). The summed E-state index contributed by atoms with van der Waals surface area (Å²) in [5.41, 5.74) is 3.35. The molecule has 0 fully saturated rings. The number of rotatable bonds is 7. The van der Waals surface area contributed by atoms with Gasteiger partial charge in [-0.1, -0.05) is 42.0 Å². The number of Topliss-reactive ketones (excluding diaryl/α,β-unsaturated/α-hetero) is 1. The van der Waals surface area contributed by atoms with E-state index in [1.807, 2.05) is 37.3 Å². The van der Waals surface area contributed by atoms with Crippen molar-refractivity contribution in [2.24, 2.45) is 0 Å². The summed E-state index contributed by atoms with van der Waals surface area (Å²) in [4.78, 5) is 25.6. The first-order chi connectivity index (χ1) is 15.0. The number of ether oxygens (including phenoxy) is 1. The first-order valence-corrected chi connectivity index (χ1v) is 9.86. The molecule has 6 nitrogen and oxygen atoms in total. The molecule has 4 rings (SSSR count). The van der Waals surface area contributed by atoms with Gasteiger partial charge < -0.3 is 19.8 Å². The molecule has 0 atom stereocenters. The zero-order chi connectivity index (χ0) is 21.8. The normalized spacial score (nSPS) is 10.6. The van der Waals surface area contributed by atoms with Gasteiger partial charge >= 0.3 is 0 Å². The van der Waals surface area contributed by atoms with E-state index in [-0.39, 0.29) is 18.1 Å². The highest BCUT2D eigenvalue weighted by Gasteiger charge is 2.21. The van der Waals surface area contributed by atoms with Gasteiger partial charge in [0.1, 0.15) is 11.3 Å². The molecule has 0 aliphatic heterocycles. The van der Waals surface area contributed by atoms with Gasteiger partial charge in [-0.05, 0) is 43.3 Å². The lowest BCUT2D eigenvalue weighted by Gasteiger charge is -2.08. The Hall–Kier alpha value is -4.06. The molecule has 2 N–H and O–H groups in total. The van der Waals surface area contributed by atoms with E-state index in [2.05, 4.69) is 10.6 Å². The summed E-state index contributed by atoms with van der Waals surface area (Å²) >= 11 is 0. The number of benzene rings is 3. The van der Waals surface area contributed by atoms with E-state index in [4.69, 9.17) is 9.15 Å². The van der Waals surface area contributed by atoms with Crippen LogP contribution in [0.3, 0.4) is 0 Å². The Bertz CT molecular complexity index is 1220. The summed E-state index contributed by atoms with van der Waals surface area (Å²) in [5.74, 6) is 0.325. The SMILES string of the molecule is COc1ccc(NC(=O)c2oc3ccccc3c2NCC(=O)c2ccc(C)cc2)cc1. The lowest BCUT2D eigenvalue weighted by molar-refractivity contribution is 0.0991. The van der Waals surface area contributed by atoms with Gasteiger partial charge in [0.2, 0.25) is 5.76 Å². The molecule has 0 aliphatic carbocycles. The van der Waals surface area contributed by atoms with Gasteiger partial charge in [0.05, 0.1) is 19.3 Å². The molecule has 0 saturated heterocycles. The molecule has 1 heterocycles. The average Bonchev–Trinajstić information content (AvgIpc) is 3.17. The van der Waals surface area contributed by atoms with Crippen LogP contribution in [0.5, 0.6) is 5.75 Å². The van der Waals surface area contributed by atoms with Crippen molar-refractivity contribution >= 4 is 34.0 Å². The van der Waals surface area contributed by atoms with Crippen molar-refractivity contribution in [3.63, 3.8) is 0 Å². The van der Waals surface area contributed by atoms with Crippen LogP contribution in [0, 0.1) is 6.92 Å². The molecule has 0 aliphatic rings. The largest absolute Gasteiger partial charge is 0.497 e. The fourth-order valence-corrected chi connectivity index (χ4v) is 3.25. The van der Waals surface area contributed by atoms with Gasteiger partial charge in [-0.25, -0.2) is 0 Å². The van der Waals surface area contributed by atoms with Crippen molar-refractivity contribution in [2.75, 3.05) is 24.3 Å². The molecule has 0 unspecified atom stereocenters. The van der Waals surface area contributed by atoms with E-state index in [0.29, 0.717) is 28.3 Å². The number of hydrogen-bond donors (Lipinski definition) is 2. The van der Waals surface area contributed by atoms with Crippen molar-refractivity contribution in [3.05, 3.63) is 89.7 Å².